The van der Waals surface area contributed by atoms with E-state index in [1.165, 1.54) is 18.2 Å². The number of rotatable bonds is 3. The monoisotopic (exact) mass is 237 g/mol. The number of hydrogen-bond acceptors (Lipinski definition) is 4. The molecule has 2 unspecified atom stereocenters. The number of hydrogen-bond donors (Lipinski definition) is 3. The van der Waals surface area contributed by atoms with Gasteiger partial charge in [-0.15, -0.1) is 0 Å². The minimum Gasteiger partial charge on any atom is -0.478 e. The van der Waals surface area contributed by atoms with E-state index in [1.54, 1.807) is 0 Å². The number of aliphatic hydroxyl groups is 1. The number of aliphatic carboxylic acids is 1. The van der Waals surface area contributed by atoms with E-state index in [-0.39, 0.29) is 18.6 Å². The zero-order valence-corrected chi connectivity index (χ0v) is 8.84. The number of carbonyl (C=O) groups is 3. The Morgan fingerprint density at radius 2 is 2.18 bits per heavy atom. The van der Waals surface area contributed by atoms with Crippen molar-refractivity contribution in [2.75, 3.05) is 6.61 Å². The maximum Gasteiger partial charge on any atom is 0.335 e. The van der Waals surface area contributed by atoms with E-state index in [2.05, 4.69) is 5.32 Å². The van der Waals surface area contributed by atoms with Crippen molar-refractivity contribution >= 4 is 17.8 Å². The second kappa shape index (κ2) is 3.81. The van der Waals surface area contributed by atoms with Gasteiger partial charge in [0.2, 0.25) is 11.8 Å². The molecule has 90 valence electrons. The van der Waals surface area contributed by atoms with E-state index in [9.17, 15) is 14.4 Å². The lowest BCUT2D eigenvalue weighted by Gasteiger charge is -2.28. The van der Waals surface area contributed by atoms with Crippen molar-refractivity contribution in [3.05, 3.63) is 23.8 Å². The number of aliphatic hydroxyl groups excluding tert-OH is 1. The van der Waals surface area contributed by atoms with Gasteiger partial charge in [0.05, 0.1) is 16.9 Å². The summed E-state index contributed by atoms with van der Waals surface area (Å²) in [4.78, 5) is 34.1. The van der Waals surface area contributed by atoms with Gasteiger partial charge in [0.25, 0.3) is 0 Å². The zero-order valence-electron chi connectivity index (χ0n) is 8.84. The number of carbonyl (C=O) groups excluding carboxylic acids is 2. The molecule has 1 aliphatic heterocycles. The summed E-state index contributed by atoms with van der Waals surface area (Å²) in [6, 6.07) is 0. The summed E-state index contributed by atoms with van der Waals surface area (Å²) in [7, 11) is 0. The van der Waals surface area contributed by atoms with Crippen LogP contribution in [0.5, 0.6) is 0 Å². The van der Waals surface area contributed by atoms with Crippen LogP contribution in [0, 0.1) is 11.3 Å². The molecule has 17 heavy (non-hydrogen) atoms. The molecular formula is C11H11NO5. The molecule has 1 heterocycles. The Labute approximate surface area is 96.6 Å². The highest BCUT2D eigenvalue weighted by molar-refractivity contribution is 6.10. The van der Waals surface area contributed by atoms with Crippen LogP contribution < -0.4 is 5.32 Å². The number of amides is 2. The molecule has 0 aromatic heterocycles. The van der Waals surface area contributed by atoms with Gasteiger partial charge in [-0.1, -0.05) is 18.2 Å². The van der Waals surface area contributed by atoms with Crippen LogP contribution in [-0.4, -0.2) is 34.6 Å². The first-order valence-electron chi connectivity index (χ1n) is 5.12. The van der Waals surface area contributed by atoms with Crippen LogP contribution in [-0.2, 0) is 14.4 Å². The topological polar surface area (TPSA) is 104 Å². The fourth-order valence-electron chi connectivity index (χ4n) is 2.24. The van der Waals surface area contributed by atoms with E-state index in [4.69, 9.17) is 10.2 Å². The molecule has 6 heteroatoms. The Bertz CT molecular complexity index is 464. The van der Waals surface area contributed by atoms with Crippen molar-refractivity contribution in [2.45, 2.75) is 6.42 Å². The Balaban J connectivity index is 2.45. The maximum absolute atomic E-state index is 11.7. The molecule has 0 spiro atoms. The summed E-state index contributed by atoms with van der Waals surface area (Å²) in [6.45, 7) is -0.252. The van der Waals surface area contributed by atoms with Gasteiger partial charge in [0.15, 0.2) is 0 Å². The summed E-state index contributed by atoms with van der Waals surface area (Å²) >= 11 is 0. The largest absolute Gasteiger partial charge is 0.478 e. The van der Waals surface area contributed by atoms with Crippen LogP contribution >= 0.6 is 0 Å². The van der Waals surface area contributed by atoms with Gasteiger partial charge in [0, 0.05) is 6.61 Å². The van der Waals surface area contributed by atoms with Gasteiger partial charge in [-0.2, -0.15) is 0 Å². The number of carboxylic acid groups (broad SMARTS) is 1. The predicted octanol–water partition coefficient (Wildman–Crippen LogP) is -0.791. The van der Waals surface area contributed by atoms with Gasteiger partial charge in [0.1, 0.15) is 0 Å². The summed E-state index contributed by atoms with van der Waals surface area (Å²) in [5.74, 6) is -3.01. The Morgan fingerprint density at radius 1 is 1.47 bits per heavy atom. The summed E-state index contributed by atoms with van der Waals surface area (Å²) in [5, 5.41) is 20.0. The van der Waals surface area contributed by atoms with Crippen molar-refractivity contribution < 1.29 is 24.6 Å². The smallest absolute Gasteiger partial charge is 0.335 e. The highest BCUT2D eigenvalue weighted by atomic mass is 16.4. The number of nitrogens with one attached hydrogen (secondary N) is 1. The van der Waals surface area contributed by atoms with Crippen molar-refractivity contribution in [1.82, 2.24) is 5.32 Å². The molecule has 1 fully saturated rings. The maximum atomic E-state index is 11.7. The van der Waals surface area contributed by atoms with Crippen LogP contribution in [0.25, 0.3) is 0 Å². The Morgan fingerprint density at radius 3 is 2.76 bits per heavy atom. The molecule has 0 aromatic rings. The van der Waals surface area contributed by atoms with Crippen LogP contribution in [0.1, 0.15) is 6.42 Å². The van der Waals surface area contributed by atoms with E-state index in [1.807, 2.05) is 0 Å². The third-order valence-corrected chi connectivity index (χ3v) is 3.18. The minimum atomic E-state index is -1.15. The third kappa shape index (κ3) is 1.57. The van der Waals surface area contributed by atoms with Gasteiger partial charge in [-0.05, 0) is 6.42 Å². The molecule has 1 saturated heterocycles. The SMILES string of the molecule is O=C(O)C1=CC2C(=O)NC(=O)C2(CCO)C=C1. The quantitative estimate of drug-likeness (QED) is 0.558. The van der Waals surface area contributed by atoms with Gasteiger partial charge >= 0.3 is 5.97 Å². The van der Waals surface area contributed by atoms with E-state index in [0.29, 0.717) is 0 Å². The molecule has 0 radical (unpaired) electrons. The lowest BCUT2D eigenvalue weighted by atomic mass is 9.71. The zero-order chi connectivity index (χ0) is 12.6. The molecule has 0 saturated carbocycles. The third-order valence-electron chi connectivity index (χ3n) is 3.18. The standard InChI is InChI=1S/C11H11NO5/c13-4-3-11-2-1-6(9(15)16)5-7(11)8(14)12-10(11)17/h1-2,5,7,13H,3-4H2,(H,15,16)(H,12,14,17). The number of imide groups is 1. The van der Waals surface area contributed by atoms with Gasteiger partial charge in [-0.3, -0.25) is 14.9 Å². The second-order valence-corrected chi connectivity index (χ2v) is 4.07. The minimum absolute atomic E-state index is 0.0200. The van der Waals surface area contributed by atoms with Crippen molar-refractivity contribution in [2.24, 2.45) is 11.3 Å². The first-order chi connectivity index (χ1) is 8.01. The highest BCUT2D eigenvalue weighted by Crippen LogP contribution is 2.42. The van der Waals surface area contributed by atoms with Crippen molar-refractivity contribution in [3.8, 4) is 0 Å². The molecule has 6 nitrogen and oxygen atoms in total. The normalized spacial score (nSPS) is 30.9. The molecule has 2 amide bonds. The predicted molar refractivity (Wildman–Crippen MR) is 55.6 cm³/mol. The Kier molecular flexibility index (Phi) is 2.59. The van der Waals surface area contributed by atoms with Gasteiger partial charge in [-0.25, -0.2) is 4.79 Å². The molecular weight excluding hydrogens is 226 g/mol. The van der Waals surface area contributed by atoms with Gasteiger partial charge < -0.3 is 10.2 Å². The second-order valence-electron chi connectivity index (χ2n) is 4.07. The molecule has 0 bridgehead atoms. The molecule has 0 aromatic carbocycles. The summed E-state index contributed by atoms with van der Waals surface area (Å²) in [5.41, 5.74) is -1.15. The molecule has 1 aliphatic carbocycles. The van der Waals surface area contributed by atoms with E-state index in [0.717, 1.165) is 0 Å². The van der Waals surface area contributed by atoms with E-state index >= 15 is 0 Å². The van der Waals surface area contributed by atoms with Crippen LogP contribution in [0.2, 0.25) is 0 Å². The van der Waals surface area contributed by atoms with Crippen molar-refractivity contribution in [3.63, 3.8) is 0 Å². The lowest BCUT2D eigenvalue weighted by molar-refractivity contribution is -0.132. The number of carboxylic acids is 1. The molecule has 2 rings (SSSR count). The summed E-state index contributed by atoms with van der Waals surface area (Å²) < 4.78 is 0. The molecule has 2 aliphatic rings. The first-order valence-corrected chi connectivity index (χ1v) is 5.12. The average Bonchev–Trinajstić information content (AvgIpc) is 2.51. The van der Waals surface area contributed by atoms with Crippen LogP contribution in [0.4, 0.5) is 0 Å². The lowest BCUT2D eigenvalue weighted by Crippen LogP contribution is -2.35. The molecule has 2 atom stereocenters. The molecule has 3 N–H and O–H groups in total. The number of fused-ring (bicyclic) bond motifs is 1. The fraction of sp³-hybridized carbons (Fsp3) is 0.364. The first kappa shape index (κ1) is 11.5. The Hall–Kier alpha value is -1.95. The van der Waals surface area contributed by atoms with E-state index < -0.39 is 29.1 Å². The average molecular weight is 237 g/mol. The fourth-order valence-corrected chi connectivity index (χ4v) is 2.24. The van der Waals surface area contributed by atoms with Crippen LogP contribution in [0.15, 0.2) is 23.8 Å². The highest BCUT2D eigenvalue weighted by Gasteiger charge is 2.53. The summed E-state index contributed by atoms with van der Waals surface area (Å²) in [6.07, 6.45) is 4.05. The van der Waals surface area contributed by atoms with Crippen LogP contribution in [0.3, 0.4) is 0 Å². The van der Waals surface area contributed by atoms with Crippen molar-refractivity contribution in [1.29, 1.82) is 0 Å².